The average Bonchev–Trinajstić information content (AvgIpc) is 2.69. The first-order chi connectivity index (χ1) is 12.4. The SMILES string of the molecule is OCCOCCOc1cc(-c2ccccn2)nc(-c2ccccn2)c1. The number of rotatable bonds is 8. The van der Waals surface area contributed by atoms with Crippen LogP contribution in [0.15, 0.2) is 60.9 Å². The first-order valence-corrected chi connectivity index (χ1v) is 8.03. The summed E-state index contributed by atoms with van der Waals surface area (Å²) in [6.07, 6.45) is 3.46. The lowest BCUT2D eigenvalue weighted by Gasteiger charge is -2.10. The summed E-state index contributed by atoms with van der Waals surface area (Å²) >= 11 is 0. The molecular weight excluding hydrogens is 318 g/mol. The Balaban J connectivity index is 1.86. The molecule has 0 atom stereocenters. The van der Waals surface area contributed by atoms with Crippen LogP contribution in [0.25, 0.3) is 22.8 Å². The summed E-state index contributed by atoms with van der Waals surface area (Å²) in [6.45, 7) is 1.09. The van der Waals surface area contributed by atoms with Gasteiger partial charge in [-0.15, -0.1) is 0 Å². The Bertz CT molecular complexity index is 725. The van der Waals surface area contributed by atoms with Gasteiger partial charge in [0.05, 0.1) is 42.6 Å². The number of aliphatic hydroxyl groups is 1. The van der Waals surface area contributed by atoms with E-state index in [0.29, 0.717) is 25.6 Å². The molecule has 0 radical (unpaired) electrons. The maximum Gasteiger partial charge on any atom is 0.123 e. The Kier molecular flexibility index (Phi) is 6.03. The average molecular weight is 337 g/mol. The van der Waals surface area contributed by atoms with Gasteiger partial charge in [0.1, 0.15) is 12.4 Å². The normalized spacial score (nSPS) is 10.6. The van der Waals surface area contributed by atoms with E-state index in [2.05, 4.69) is 15.0 Å². The van der Waals surface area contributed by atoms with Gasteiger partial charge in [-0.05, 0) is 24.3 Å². The van der Waals surface area contributed by atoms with E-state index in [1.54, 1.807) is 12.4 Å². The van der Waals surface area contributed by atoms with Gasteiger partial charge in [-0.1, -0.05) is 12.1 Å². The van der Waals surface area contributed by atoms with Gasteiger partial charge in [0, 0.05) is 24.5 Å². The van der Waals surface area contributed by atoms with Crippen LogP contribution in [0.3, 0.4) is 0 Å². The highest BCUT2D eigenvalue weighted by Gasteiger charge is 2.09. The smallest absolute Gasteiger partial charge is 0.123 e. The Morgan fingerprint density at radius 3 is 1.92 bits per heavy atom. The number of hydrogen-bond acceptors (Lipinski definition) is 6. The van der Waals surface area contributed by atoms with Crippen molar-refractivity contribution in [1.29, 1.82) is 0 Å². The lowest BCUT2D eigenvalue weighted by molar-refractivity contribution is 0.0705. The third-order valence-corrected chi connectivity index (χ3v) is 3.39. The van der Waals surface area contributed by atoms with Crippen molar-refractivity contribution in [3.05, 3.63) is 60.9 Å². The molecule has 3 aromatic heterocycles. The summed E-state index contributed by atoms with van der Waals surface area (Å²) in [5.74, 6) is 0.670. The standard InChI is InChI=1S/C19H19N3O3/c23-9-10-24-11-12-25-15-13-18(16-5-1-3-7-20-16)22-19(14-15)17-6-2-4-8-21-17/h1-8,13-14,23H,9-12H2. The maximum atomic E-state index is 8.72. The quantitative estimate of drug-likeness (QED) is 0.637. The molecule has 0 amide bonds. The summed E-state index contributed by atoms with van der Waals surface area (Å²) in [5.41, 5.74) is 2.97. The first-order valence-electron chi connectivity index (χ1n) is 8.03. The Morgan fingerprint density at radius 1 is 0.760 bits per heavy atom. The zero-order chi connectivity index (χ0) is 17.3. The third-order valence-electron chi connectivity index (χ3n) is 3.39. The summed E-state index contributed by atoms with van der Waals surface area (Å²) in [4.78, 5) is 13.4. The lowest BCUT2D eigenvalue weighted by Crippen LogP contribution is -2.09. The van der Waals surface area contributed by atoms with Crippen molar-refractivity contribution in [2.45, 2.75) is 0 Å². The summed E-state index contributed by atoms with van der Waals surface area (Å²) < 4.78 is 11.0. The Hall–Kier alpha value is -2.83. The number of pyridine rings is 3. The van der Waals surface area contributed by atoms with Crippen LogP contribution in [0.5, 0.6) is 5.75 Å². The van der Waals surface area contributed by atoms with Crippen molar-refractivity contribution < 1.29 is 14.6 Å². The van der Waals surface area contributed by atoms with E-state index in [9.17, 15) is 0 Å². The largest absolute Gasteiger partial charge is 0.491 e. The van der Waals surface area contributed by atoms with Gasteiger partial charge in [0.25, 0.3) is 0 Å². The van der Waals surface area contributed by atoms with Crippen molar-refractivity contribution in [1.82, 2.24) is 15.0 Å². The number of nitrogens with zero attached hydrogens (tertiary/aromatic N) is 3. The predicted molar refractivity (Wildman–Crippen MR) is 94.1 cm³/mol. The molecule has 1 N–H and O–H groups in total. The van der Waals surface area contributed by atoms with Crippen molar-refractivity contribution in [2.75, 3.05) is 26.4 Å². The molecule has 6 heteroatoms. The molecule has 3 heterocycles. The minimum Gasteiger partial charge on any atom is -0.491 e. The second-order valence-corrected chi connectivity index (χ2v) is 5.19. The van der Waals surface area contributed by atoms with Crippen LogP contribution in [-0.4, -0.2) is 46.5 Å². The van der Waals surface area contributed by atoms with Gasteiger partial charge < -0.3 is 14.6 Å². The fraction of sp³-hybridized carbons (Fsp3) is 0.211. The van der Waals surface area contributed by atoms with Gasteiger partial charge in [0.15, 0.2) is 0 Å². The summed E-state index contributed by atoms with van der Waals surface area (Å²) in [5, 5.41) is 8.72. The van der Waals surface area contributed by atoms with Crippen molar-refractivity contribution in [3.8, 4) is 28.5 Å². The Labute approximate surface area is 146 Å². The molecule has 3 aromatic rings. The van der Waals surface area contributed by atoms with Crippen molar-refractivity contribution in [3.63, 3.8) is 0 Å². The van der Waals surface area contributed by atoms with Crippen LogP contribution in [0.4, 0.5) is 0 Å². The molecule has 0 unspecified atom stereocenters. The predicted octanol–water partition coefficient (Wildman–Crippen LogP) is 2.59. The molecule has 25 heavy (non-hydrogen) atoms. The second kappa shape index (κ2) is 8.86. The van der Waals surface area contributed by atoms with E-state index in [1.165, 1.54) is 0 Å². The van der Waals surface area contributed by atoms with E-state index in [-0.39, 0.29) is 6.61 Å². The summed E-state index contributed by atoms with van der Waals surface area (Å²) in [7, 11) is 0. The van der Waals surface area contributed by atoms with Crippen LogP contribution in [-0.2, 0) is 4.74 Å². The number of aromatic nitrogens is 3. The van der Waals surface area contributed by atoms with Gasteiger partial charge in [-0.3, -0.25) is 9.97 Å². The van der Waals surface area contributed by atoms with E-state index in [0.717, 1.165) is 22.8 Å². The minimum atomic E-state index is 0.00288. The molecule has 0 saturated carbocycles. The summed E-state index contributed by atoms with van der Waals surface area (Å²) in [6, 6.07) is 15.1. The molecule has 0 bridgehead atoms. The van der Waals surface area contributed by atoms with Crippen LogP contribution in [0.2, 0.25) is 0 Å². The molecule has 0 aliphatic rings. The Morgan fingerprint density at radius 2 is 1.40 bits per heavy atom. The fourth-order valence-corrected chi connectivity index (χ4v) is 2.26. The van der Waals surface area contributed by atoms with Crippen molar-refractivity contribution in [2.24, 2.45) is 0 Å². The topological polar surface area (TPSA) is 77.4 Å². The molecule has 0 aromatic carbocycles. The number of ether oxygens (including phenoxy) is 2. The van der Waals surface area contributed by atoms with Gasteiger partial charge >= 0.3 is 0 Å². The van der Waals surface area contributed by atoms with E-state index >= 15 is 0 Å². The van der Waals surface area contributed by atoms with Gasteiger partial charge in [0.2, 0.25) is 0 Å². The second-order valence-electron chi connectivity index (χ2n) is 5.19. The molecule has 0 aliphatic carbocycles. The van der Waals surface area contributed by atoms with Crippen LogP contribution < -0.4 is 4.74 Å². The molecule has 3 rings (SSSR count). The van der Waals surface area contributed by atoms with Gasteiger partial charge in [-0.2, -0.15) is 0 Å². The molecule has 6 nitrogen and oxygen atoms in total. The zero-order valence-electron chi connectivity index (χ0n) is 13.7. The van der Waals surface area contributed by atoms with E-state index in [1.807, 2.05) is 48.5 Å². The fourth-order valence-electron chi connectivity index (χ4n) is 2.26. The molecule has 0 saturated heterocycles. The van der Waals surface area contributed by atoms with E-state index in [4.69, 9.17) is 14.6 Å². The van der Waals surface area contributed by atoms with Crippen LogP contribution >= 0.6 is 0 Å². The monoisotopic (exact) mass is 337 g/mol. The van der Waals surface area contributed by atoms with Crippen LogP contribution in [0, 0.1) is 0 Å². The molecule has 0 fully saturated rings. The highest BCUT2D eigenvalue weighted by molar-refractivity contribution is 5.64. The highest BCUT2D eigenvalue weighted by atomic mass is 16.5. The number of aliphatic hydroxyl groups excluding tert-OH is 1. The number of hydrogen-bond donors (Lipinski definition) is 1. The lowest BCUT2D eigenvalue weighted by atomic mass is 10.2. The van der Waals surface area contributed by atoms with Crippen LogP contribution in [0.1, 0.15) is 0 Å². The molecule has 0 aliphatic heterocycles. The third kappa shape index (κ3) is 4.82. The molecule has 128 valence electrons. The van der Waals surface area contributed by atoms with Crippen molar-refractivity contribution >= 4 is 0 Å². The maximum absolute atomic E-state index is 8.72. The zero-order valence-corrected chi connectivity index (χ0v) is 13.7. The minimum absolute atomic E-state index is 0.00288. The highest BCUT2D eigenvalue weighted by Crippen LogP contribution is 2.26. The van der Waals surface area contributed by atoms with Gasteiger partial charge in [-0.25, -0.2) is 4.98 Å². The molecular formula is C19H19N3O3. The first kappa shape index (κ1) is 17.0. The van der Waals surface area contributed by atoms with E-state index < -0.39 is 0 Å². The molecule has 0 spiro atoms.